The molecule has 0 spiro atoms. The smallest absolute Gasteiger partial charge is 0.411 e. The predicted octanol–water partition coefficient (Wildman–Crippen LogP) is 1.90. The average Bonchev–Trinajstić information content (AvgIpc) is 2.70. The SMILES string of the molecule is C=C1[C@@H](CN)[C@H]2CC[C@@H]1N2C(=O)OC(C)(C)C. The summed E-state index contributed by atoms with van der Waals surface area (Å²) in [5.74, 6) is 0.251. The zero-order chi connectivity index (χ0) is 12.8. The van der Waals surface area contributed by atoms with Gasteiger partial charge in [-0.25, -0.2) is 4.79 Å². The van der Waals surface area contributed by atoms with Crippen LogP contribution in [0, 0.1) is 5.92 Å². The molecule has 2 fully saturated rings. The molecule has 3 atom stereocenters. The van der Waals surface area contributed by atoms with E-state index in [1.165, 1.54) is 0 Å². The number of nitrogens with zero attached hydrogens (tertiary/aromatic N) is 1. The minimum atomic E-state index is -0.446. The van der Waals surface area contributed by atoms with Gasteiger partial charge in [-0.3, -0.25) is 4.90 Å². The molecular formula is C13H22N2O2. The summed E-state index contributed by atoms with van der Waals surface area (Å²) in [6.07, 6.45) is 1.80. The number of rotatable bonds is 1. The van der Waals surface area contributed by atoms with Gasteiger partial charge in [-0.05, 0) is 39.2 Å². The molecule has 0 unspecified atom stereocenters. The van der Waals surface area contributed by atoms with Crippen LogP contribution >= 0.6 is 0 Å². The second-order valence-electron chi connectivity index (χ2n) is 5.97. The van der Waals surface area contributed by atoms with Crippen LogP contribution in [0.25, 0.3) is 0 Å². The molecule has 2 heterocycles. The second-order valence-corrected chi connectivity index (χ2v) is 5.97. The van der Waals surface area contributed by atoms with Crippen LogP contribution < -0.4 is 5.73 Å². The lowest BCUT2D eigenvalue weighted by atomic mass is 9.85. The van der Waals surface area contributed by atoms with Gasteiger partial charge in [0.2, 0.25) is 0 Å². The maximum absolute atomic E-state index is 12.2. The highest BCUT2D eigenvalue weighted by atomic mass is 16.6. The number of ether oxygens (including phenoxy) is 1. The summed E-state index contributed by atoms with van der Waals surface area (Å²) in [7, 11) is 0. The van der Waals surface area contributed by atoms with Crippen LogP contribution in [-0.4, -0.2) is 35.2 Å². The minimum absolute atomic E-state index is 0.142. The van der Waals surface area contributed by atoms with E-state index in [2.05, 4.69) is 6.58 Å². The summed E-state index contributed by atoms with van der Waals surface area (Å²) in [5.41, 5.74) is 6.42. The largest absolute Gasteiger partial charge is 0.444 e. The second kappa shape index (κ2) is 4.02. The van der Waals surface area contributed by atoms with Gasteiger partial charge in [0.25, 0.3) is 0 Å². The molecule has 4 heteroatoms. The van der Waals surface area contributed by atoms with Crippen molar-refractivity contribution in [3.63, 3.8) is 0 Å². The Morgan fingerprint density at radius 2 is 2.18 bits per heavy atom. The summed E-state index contributed by atoms with van der Waals surface area (Å²) in [6, 6.07) is 0.343. The molecule has 0 aromatic heterocycles. The number of carbonyl (C=O) groups excluding carboxylic acids is 1. The minimum Gasteiger partial charge on any atom is -0.444 e. The van der Waals surface area contributed by atoms with E-state index in [4.69, 9.17) is 10.5 Å². The number of hydrogen-bond donors (Lipinski definition) is 1. The number of carbonyl (C=O) groups is 1. The van der Waals surface area contributed by atoms with Crippen molar-refractivity contribution in [2.75, 3.05) is 6.54 Å². The van der Waals surface area contributed by atoms with Crippen LogP contribution in [0.4, 0.5) is 4.79 Å². The Balaban J connectivity index is 2.13. The van der Waals surface area contributed by atoms with E-state index in [-0.39, 0.29) is 24.1 Å². The number of hydrogen-bond acceptors (Lipinski definition) is 3. The molecule has 2 N–H and O–H groups in total. The molecule has 2 rings (SSSR count). The molecule has 0 aromatic rings. The van der Waals surface area contributed by atoms with Crippen LogP contribution in [0.5, 0.6) is 0 Å². The van der Waals surface area contributed by atoms with Crippen molar-refractivity contribution in [2.24, 2.45) is 11.7 Å². The molecule has 4 nitrogen and oxygen atoms in total. The molecule has 0 aromatic carbocycles. The third kappa shape index (κ3) is 2.06. The molecule has 2 aliphatic heterocycles. The lowest BCUT2D eigenvalue weighted by Gasteiger charge is -2.27. The van der Waals surface area contributed by atoms with E-state index >= 15 is 0 Å². The molecule has 2 aliphatic rings. The fourth-order valence-corrected chi connectivity index (χ4v) is 2.98. The van der Waals surface area contributed by atoms with E-state index < -0.39 is 5.60 Å². The summed E-state index contributed by atoms with van der Waals surface area (Å²) < 4.78 is 5.45. The number of nitrogens with two attached hydrogens (primary N) is 1. The molecule has 0 saturated carbocycles. The van der Waals surface area contributed by atoms with Gasteiger partial charge >= 0.3 is 6.09 Å². The highest BCUT2D eigenvalue weighted by Crippen LogP contribution is 2.44. The van der Waals surface area contributed by atoms with E-state index in [1.807, 2.05) is 25.7 Å². The molecular weight excluding hydrogens is 216 g/mol. The summed E-state index contributed by atoms with van der Waals surface area (Å²) in [5, 5.41) is 0. The summed E-state index contributed by atoms with van der Waals surface area (Å²) in [4.78, 5) is 14.0. The fourth-order valence-electron chi connectivity index (χ4n) is 2.98. The topological polar surface area (TPSA) is 55.6 Å². The Labute approximate surface area is 103 Å². The van der Waals surface area contributed by atoms with Crippen molar-refractivity contribution in [3.8, 4) is 0 Å². The molecule has 96 valence electrons. The van der Waals surface area contributed by atoms with Crippen molar-refractivity contribution in [1.29, 1.82) is 0 Å². The lowest BCUT2D eigenvalue weighted by Crippen LogP contribution is -2.41. The first kappa shape index (κ1) is 12.4. The van der Waals surface area contributed by atoms with Crippen LogP contribution in [0.2, 0.25) is 0 Å². The predicted molar refractivity (Wildman–Crippen MR) is 66.6 cm³/mol. The van der Waals surface area contributed by atoms with Crippen molar-refractivity contribution in [1.82, 2.24) is 4.90 Å². The Morgan fingerprint density at radius 1 is 1.53 bits per heavy atom. The molecule has 1 amide bonds. The Bertz CT molecular complexity index is 346. The standard InChI is InChI=1S/C13H22N2O2/c1-8-9(7-14)11-6-5-10(8)15(11)12(16)17-13(2,3)4/h9-11H,1,5-7,14H2,2-4H3/t9-,10+,11-/m1/s1. The van der Waals surface area contributed by atoms with Gasteiger partial charge in [0.05, 0.1) is 6.04 Å². The summed E-state index contributed by atoms with van der Waals surface area (Å²) >= 11 is 0. The monoisotopic (exact) mass is 238 g/mol. The van der Waals surface area contributed by atoms with Crippen molar-refractivity contribution in [2.45, 2.75) is 51.3 Å². The van der Waals surface area contributed by atoms with Crippen LogP contribution in [-0.2, 0) is 4.74 Å². The zero-order valence-electron chi connectivity index (χ0n) is 10.9. The first-order chi connectivity index (χ1) is 7.85. The van der Waals surface area contributed by atoms with E-state index in [0.717, 1.165) is 18.4 Å². The molecule has 17 heavy (non-hydrogen) atoms. The van der Waals surface area contributed by atoms with E-state index in [0.29, 0.717) is 6.54 Å². The van der Waals surface area contributed by atoms with Gasteiger partial charge in [-0.1, -0.05) is 6.58 Å². The highest BCUT2D eigenvalue weighted by Gasteiger charge is 2.51. The average molecular weight is 238 g/mol. The lowest BCUT2D eigenvalue weighted by molar-refractivity contribution is 0.0210. The first-order valence-electron chi connectivity index (χ1n) is 6.25. The van der Waals surface area contributed by atoms with Gasteiger partial charge in [0.1, 0.15) is 5.60 Å². The van der Waals surface area contributed by atoms with Gasteiger partial charge < -0.3 is 10.5 Å². The van der Waals surface area contributed by atoms with Crippen molar-refractivity contribution < 1.29 is 9.53 Å². The third-order valence-electron chi connectivity index (χ3n) is 3.66. The van der Waals surface area contributed by atoms with E-state index in [9.17, 15) is 4.79 Å². The van der Waals surface area contributed by atoms with Gasteiger partial charge in [-0.2, -0.15) is 0 Å². The number of amides is 1. The molecule has 2 bridgehead atoms. The van der Waals surface area contributed by atoms with Crippen LogP contribution in [0.15, 0.2) is 12.2 Å². The van der Waals surface area contributed by atoms with Gasteiger partial charge in [0, 0.05) is 18.5 Å². The van der Waals surface area contributed by atoms with Crippen molar-refractivity contribution >= 4 is 6.09 Å². The van der Waals surface area contributed by atoms with Gasteiger partial charge in [-0.15, -0.1) is 0 Å². The molecule has 0 radical (unpaired) electrons. The summed E-state index contributed by atoms with van der Waals surface area (Å²) in [6.45, 7) is 10.3. The highest BCUT2D eigenvalue weighted by molar-refractivity contribution is 5.71. The quantitative estimate of drug-likeness (QED) is 0.710. The zero-order valence-corrected chi connectivity index (χ0v) is 10.9. The van der Waals surface area contributed by atoms with Gasteiger partial charge in [0.15, 0.2) is 0 Å². The third-order valence-corrected chi connectivity index (χ3v) is 3.66. The van der Waals surface area contributed by atoms with Crippen LogP contribution in [0.1, 0.15) is 33.6 Å². The maximum Gasteiger partial charge on any atom is 0.411 e. The Morgan fingerprint density at radius 3 is 2.65 bits per heavy atom. The van der Waals surface area contributed by atoms with E-state index in [1.54, 1.807) is 0 Å². The Kier molecular flexibility index (Phi) is 2.94. The first-order valence-corrected chi connectivity index (χ1v) is 6.25. The molecule has 2 saturated heterocycles. The Hall–Kier alpha value is -1.03. The maximum atomic E-state index is 12.2. The fraction of sp³-hybridized carbons (Fsp3) is 0.769. The number of fused-ring (bicyclic) bond motifs is 2. The molecule has 0 aliphatic carbocycles. The van der Waals surface area contributed by atoms with Crippen LogP contribution in [0.3, 0.4) is 0 Å². The normalized spacial score (nSPS) is 32.1. The van der Waals surface area contributed by atoms with Crippen molar-refractivity contribution in [3.05, 3.63) is 12.2 Å².